The van der Waals surface area contributed by atoms with E-state index in [0.29, 0.717) is 18.7 Å². The van der Waals surface area contributed by atoms with Gasteiger partial charge >= 0.3 is 0 Å². The van der Waals surface area contributed by atoms with Gasteiger partial charge in [0.1, 0.15) is 5.82 Å². The summed E-state index contributed by atoms with van der Waals surface area (Å²) in [7, 11) is 0. The number of aryl methyl sites for hydroxylation is 2. The number of carbonyl (C=O) groups is 2. The minimum Gasteiger partial charge on any atom is -0.350 e. The molecule has 2 amide bonds. The van der Waals surface area contributed by atoms with Gasteiger partial charge < -0.3 is 10.2 Å². The Balaban J connectivity index is 2.07. The Morgan fingerprint density at radius 2 is 1.80 bits per heavy atom. The number of benzene rings is 2. The molecule has 0 bridgehead atoms. The first-order chi connectivity index (χ1) is 11.9. The molecule has 0 spiro atoms. The molecule has 2 aromatic carbocycles. The predicted molar refractivity (Wildman–Crippen MR) is 97.3 cm³/mol. The van der Waals surface area contributed by atoms with Crippen LogP contribution in [-0.2, 0) is 11.2 Å². The first kappa shape index (κ1) is 18.6. The van der Waals surface area contributed by atoms with E-state index < -0.39 is 0 Å². The van der Waals surface area contributed by atoms with E-state index in [-0.39, 0.29) is 17.6 Å². The van der Waals surface area contributed by atoms with E-state index in [1.165, 1.54) is 31.2 Å². The molecule has 132 valence electrons. The third-order valence-corrected chi connectivity index (χ3v) is 4.08. The van der Waals surface area contributed by atoms with Crippen LogP contribution in [-0.4, -0.2) is 24.9 Å². The third-order valence-electron chi connectivity index (χ3n) is 4.08. The quantitative estimate of drug-likeness (QED) is 0.874. The number of carbonyl (C=O) groups excluding carboxylic acids is 2. The second-order valence-electron chi connectivity index (χ2n) is 5.87. The SMILES string of the molecule is CCc1cccc(C)c1N(CCNC(=O)c1ccc(F)cc1)C(C)=O. The number of anilines is 1. The van der Waals surface area contributed by atoms with Gasteiger partial charge in [0.15, 0.2) is 0 Å². The van der Waals surface area contributed by atoms with E-state index in [1.807, 2.05) is 32.0 Å². The molecule has 0 radical (unpaired) electrons. The zero-order chi connectivity index (χ0) is 18.4. The van der Waals surface area contributed by atoms with Crippen LogP contribution in [0.2, 0.25) is 0 Å². The summed E-state index contributed by atoms with van der Waals surface area (Å²) in [5, 5.41) is 2.78. The molecular formula is C20H23FN2O2. The molecule has 25 heavy (non-hydrogen) atoms. The van der Waals surface area contributed by atoms with E-state index in [0.717, 1.165) is 23.2 Å². The standard InChI is InChI=1S/C20H23FN2O2/c1-4-16-7-5-6-14(2)19(16)23(15(3)24)13-12-22-20(25)17-8-10-18(21)11-9-17/h5-11H,4,12-13H2,1-3H3,(H,22,25). The molecule has 0 fully saturated rings. The van der Waals surface area contributed by atoms with Crippen molar-refractivity contribution in [1.29, 1.82) is 0 Å². The van der Waals surface area contributed by atoms with Crippen LogP contribution in [0.25, 0.3) is 0 Å². The smallest absolute Gasteiger partial charge is 0.251 e. The van der Waals surface area contributed by atoms with Gasteiger partial charge in [0.2, 0.25) is 5.91 Å². The Hall–Kier alpha value is -2.69. The monoisotopic (exact) mass is 342 g/mol. The molecule has 1 N–H and O–H groups in total. The number of rotatable bonds is 6. The average molecular weight is 342 g/mol. The van der Waals surface area contributed by atoms with Gasteiger partial charge in [0, 0.05) is 31.3 Å². The number of halogens is 1. The summed E-state index contributed by atoms with van der Waals surface area (Å²) >= 11 is 0. The van der Waals surface area contributed by atoms with Crippen LogP contribution in [0.5, 0.6) is 0 Å². The summed E-state index contributed by atoms with van der Waals surface area (Å²) in [6.07, 6.45) is 0.822. The Kier molecular flexibility index (Phi) is 6.28. The van der Waals surface area contributed by atoms with Gasteiger partial charge in [0.05, 0.1) is 0 Å². The second-order valence-corrected chi connectivity index (χ2v) is 5.87. The molecule has 2 aromatic rings. The molecule has 0 unspecified atom stereocenters. The van der Waals surface area contributed by atoms with Crippen LogP contribution in [0.4, 0.5) is 10.1 Å². The summed E-state index contributed by atoms with van der Waals surface area (Å²) in [5.74, 6) is -0.741. The normalized spacial score (nSPS) is 10.4. The highest BCUT2D eigenvalue weighted by Gasteiger charge is 2.17. The van der Waals surface area contributed by atoms with Crippen molar-refractivity contribution in [3.8, 4) is 0 Å². The molecule has 0 heterocycles. The molecule has 0 aromatic heterocycles. The lowest BCUT2D eigenvalue weighted by Gasteiger charge is -2.26. The van der Waals surface area contributed by atoms with Gasteiger partial charge in [-0.1, -0.05) is 25.1 Å². The number of hydrogen-bond acceptors (Lipinski definition) is 2. The van der Waals surface area contributed by atoms with Crippen LogP contribution in [0, 0.1) is 12.7 Å². The van der Waals surface area contributed by atoms with E-state index in [4.69, 9.17) is 0 Å². The fraction of sp³-hybridized carbons (Fsp3) is 0.300. The highest BCUT2D eigenvalue weighted by Crippen LogP contribution is 2.25. The number of amides is 2. The number of para-hydroxylation sites is 1. The molecule has 0 aliphatic rings. The van der Waals surface area contributed by atoms with Gasteiger partial charge in [-0.2, -0.15) is 0 Å². The van der Waals surface area contributed by atoms with Crippen molar-refractivity contribution in [3.05, 3.63) is 65.0 Å². The van der Waals surface area contributed by atoms with Crippen molar-refractivity contribution in [2.24, 2.45) is 0 Å². The zero-order valence-electron chi connectivity index (χ0n) is 14.8. The Morgan fingerprint density at radius 1 is 1.12 bits per heavy atom. The molecular weight excluding hydrogens is 319 g/mol. The molecule has 0 atom stereocenters. The van der Waals surface area contributed by atoms with Crippen LogP contribution in [0.15, 0.2) is 42.5 Å². The maximum Gasteiger partial charge on any atom is 0.251 e. The van der Waals surface area contributed by atoms with Crippen molar-refractivity contribution >= 4 is 17.5 Å². The van der Waals surface area contributed by atoms with Gasteiger partial charge in [-0.25, -0.2) is 4.39 Å². The fourth-order valence-electron chi connectivity index (χ4n) is 2.80. The van der Waals surface area contributed by atoms with Gasteiger partial charge in [0.25, 0.3) is 5.91 Å². The topological polar surface area (TPSA) is 49.4 Å². The molecule has 0 saturated heterocycles. The average Bonchev–Trinajstić information content (AvgIpc) is 2.59. The molecule has 0 aliphatic carbocycles. The molecule has 4 nitrogen and oxygen atoms in total. The lowest BCUT2D eigenvalue weighted by atomic mass is 10.0. The lowest BCUT2D eigenvalue weighted by molar-refractivity contribution is -0.116. The van der Waals surface area contributed by atoms with Crippen LogP contribution in [0.1, 0.15) is 35.3 Å². The minimum atomic E-state index is -0.383. The highest BCUT2D eigenvalue weighted by atomic mass is 19.1. The van der Waals surface area contributed by atoms with E-state index >= 15 is 0 Å². The van der Waals surface area contributed by atoms with Crippen molar-refractivity contribution in [1.82, 2.24) is 5.32 Å². The second kappa shape index (κ2) is 8.42. The number of nitrogens with one attached hydrogen (secondary N) is 1. The summed E-state index contributed by atoms with van der Waals surface area (Å²) in [5.41, 5.74) is 3.42. The number of hydrogen-bond donors (Lipinski definition) is 1. The largest absolute Gasteiger partial charge is 0.350 e. The van der Waals surface area contributed by atoms with Crippen molar-refractivity contribution in [2.45, 2.75) is 27.2 Å². The first-order valence-corrected chi connectivity index (χ1v) is 8.34. The van der Waals surface area contributed by atoms with Crippen molar-refractivity contribution < 1.29 is 14.0 Å². The Morgan fingerprint density at radius 3 is 2.40 bits per heavy atom. The Bertz CT molecular complexity index is 757. The third kappa shape index (κ3) is 4.66. The van der Waals surface area contributed by atoms with E-state index in [2.05, 4.69) is 5.32 Å². The van der Waals surface area contributed by atoms with Crippen LogP contribution < -0.4 is 10.2 Å². The highest BCUT2D eigenvalue weighted by molar-refractivity contribution is 5.95. The molecule has 0 saturated carbocycles. The van der Waals surface area contributed by atoms with Crippen molar-refractivity contribution in [2.75, 3.05) is 18.0 Å². The van der Waals surface area contributed by atoms with Gasteiger partial charge in [-0.3, -0.25) is 9.59 Å². The minimum absolute atomic E-state index is 0.0694. The lowest BCUT2D eigenvalue weighted by Crippen LogP contribution is -2.38. The van der Waals surface area contributed by atoms with Gasteiger partial charge in [-0.15, -0.1) is 0 Å². The molecule has 5 heteroatoms. The first-order valence-electron chi connectivity index (χ1n) is 8.34. The maximum atomic E-state index is 12.9. The van der Waals surface area contributed by atoms with Crippen LogP contribution in [0.3, 0.4) is 0 Å². The number of nitrogens with zero attached hydrogens (tertiary/aromatic N) is 1. The summed E-state index contributed by atoms with van der Waals surface area (Å²) in [6, 6.07) is 11.3. The summed E-state index contributed by atoms with van der Waals surface area (Å²) in [6.45, 7) is 6.23. The molecule has 2 rings (SSSR count). The van der Waals surface area contributed by atoms with Crippen LogP contribution >= 0.6 is 0 Å². The zero-order valence-corrected chi connectivity index (χ0v) is 14.8. The van der Waals surface area contributed by atoms with E-state index in [1.54, 1.807) is 4.90 Å². The van der Waals surface area contributed by atoms with E-state index in [9.17, 15) is 14.0 Å². The molecule has 0 aliphatic heterocycles. The predicted octanol–water partition coefficient (Wildman–Crippen LogP) is 3.48. The van der Waals surface area contributed by atoms with Crippen molar-refractivity contribution in [3.63, 3.8) is 0 Å². The Labute approximate surface area is 147 Å². The summed E-state index contributed by atoms with van der Waals surface area (Å²) in [4.78, 5) is 25.9. The maximum absolute atomic E-state index is 12.9. The van der Waals surface area contributed by atoms with Gasteiger partial charge in [-0.05, 0) is 48.7 Å². The summed E-state index contributed by atoms with van der Waals surface area (Å²) < 4.78 is 12.9. The fourth-order valence-corrected chi connectivity index (χ4v) is 2.80.